The molecule has 8 nitrogen and oxygen atoms in total. The van der Waals surface area contributed by atoms with Gasteiger partial charge >= 0.3 is 0 Å². The smallest absolute Gasteiger partial charge is 0.230 e. The van der Waals surface area contributed by atoms with Gasteiger partial charge in [-0.25, -0.2) is 9.97 Å². The molecule has 29 heavy (non-hydrogen) atoms. The van der Waals surface area contributed by atoms with Gasteiger partial charge in [0.25, 0.3) is 0 Å². The fourth-order valence-corrected chi connectivity index (χ4v) is 3.13. The van der Waals surface area contributed by atoms with Crippen molar-refractivity contribution in [1.29, 1.82) is 0 Å². The highest BCUT2D eigenvalue weighted by atomic mass is 16.1. The molecule has 1 amide bonds. The first kappa shape index (κ1) is 18.5. The number of aromatic amines is 1. The fourth-order valence-electron chi connectivity index (χ4n) is 3.13. The quantitative estimate of drug-likeness (QED) is 0.468. The summed E-state index contributed by atoms with van der Waals surface area (Å²) in [5.41, 5.74) is 3.77. The molecular formula is C21H21N7O. The minimum atomic E-state index is 0.0177. The third-order valence-corrected chi connectivity index (χ3v) is 4.75. The van der Waals surface area contributed by atoms with E-state index in [0.717, 1.165) is 27.7 Å². The predicted molar refractivity (Wildman–Crippen MR) is 112 cm³/mol. The Morgan fingerprint density at radius 2 is 2.07 bits per heavy atom. The van der Waals surface area contributed by atoms with E-state index in [9.17, 15) is 4.79 Å². The summed E-state index contributed by atoms with van der Waals surface area (Å²) in [6, 6.07) is 13.8. The molecule has 3 N–H and O–H groups in total. The summed E-state index contributed by atoms with van der Waals surface area (Å²) in [5.74, 6) is 1.14. The van der Waals surface area contributed by atoms with Crippen molar-refractivity contribution in [3.63, 3.8) is 0 Å². The molecule has 0 spiro atoms. The molecule has 146 valence electrons. The number of nitrogens with one attached hydrogen (secondary N) is 3. The van der Waals surface area contributed by atoms with Crippen molar-refractivity contribution in [2.75, 3.05) is 12.4 Å². The van der Waals surface area contributed by atoms with Crippen LogP contribution in [-0.2, 0) is 4.79 Å². The summed E-state index contributed by atoms with van der Waals surface area (Å²) in [7, 11) is 1.65. The van der Waals surface area contributed by atoms with Crippen molar-refractivity contribution in [2.24, 2.45) is 0 Å². The van der Waals surface area contributed by atoms with Crippen molar-refractivity contribution in [3.8, 4) is 11.4 Å². The Hall–Kier alpha value is -3.81. The van der Waals surface area contributed by atoms with Crippen LogP contribution >= 0.6 is 0 Å². The molecule has 0 radical (unpaired) electrons. The summed E-state index contributed by atoms with van der Waals surface area (Å²) < 4.78 is 0. The maximum absolute atomic E-state index is 11.7. The van der Waals surface area contributed by atoms with Gasteiger partial charge in [0.15, 0.2) is 5.82 Å². The first-order valence-corrected chi connectivity index (χ1v) is 9.32. The number of nitrogens with zero attached hydrogens (tertiary/aromatic N) is 4. The minimum Gasteiger partial charge on any atom is -0.359 e. The number of rotatable bonds is 6. The molecule has 2 heterocycles. The molecule has 2 aromatic carbocycles. The summed E-state index contributed by atoms with van der Waals surface area (Å²) in [6.07, 6.45) is 3.69. The van der Waals surface area contributed by atoms with E-state index >= 15 is 0 Å². The largest absolute Gasteiger partial charge is 0.359 e. The Kier molecular flexibility index (Phi) is 5.15. The normalized spacial score (nSPS) is 11.9. The number of carbonyl (C=O) groups is 1. The van der Waals surface area contributed by atoms with Crippen molar-refractivity contribution in [1.82, 2.24) is 30.5 Å². The first-order valence-electron chi connectivity index (χ1n) is 9.32. The van der Waals surface area contributed by atoms with Crippen LogP contribution in [0.2, 0.25) is 0 Å². The van der Waals surface area contributed by atoms with Crippen LogP contribution in [0, 0.1) is 0 Å². The third kappa shape index (κ3) is 4.21. The van der Waals surface area contributed by atoms with Crippen molar-refractivity contribution in [3.05, 3.63) is 60.6 Å². The monoisotopic (exact) mass is 387 g/mol. The molecule has 1 unspecified atom stereocenters. The first-order chi connectivity index (χ1) is 14.1. The van der Waals surface area contributed by atoms with Gasteiger partial charge in [-0.1, -0.05) is 25.1 Å². The highest BCUT2D eigenvalue weighted by Gasteiger charge is 2.12. The van der Waals surface area contributed by atoms with Gasteiger partial charge in [0.2, 0.25) is 11.9 Å². The molecule has 2 aromatic heterocycles. The van der Waals surface area contributed by atoms with Crippen molar-refractivity contribution < 1.29 is 4.79 Å². The SMILES string of the molecule is CNC(=O)CC(C)c1cccc(-c2ncnc(Nc3ccc4[nH]ncc4c3)n2)c1. The highest BCUT2D eigenvalue weighted by molar-refractivity contribution is 5.82. The van der Waals surface area contributed by atoms with Gasteiger partial charge in [-0.2, -0.15) is 10.1 Å². The van der Waals surface area contributed by atoms with Crippen LogP contribution in [0.15, 0.2) is 55.0 Å². The van der Waals surface area contributed by atoms with E-state index < -0.39 is 0 Å². The number of carbonyl (C=O) groups excluding carboxylic acids is 1. The molecule has 4 aromatic rings. The van der Waals surface area contributed by atoms with Crippen LogP contribution in [0.25, 0.3) is 22.3 Å². The lowest BCUT2D eigenvalue weighted by Gasteiger charge is -2.12. The number of hydrogen-bond donors (Lipinski definition) is 3. The summed E-state index contributed by atoms with van der Waals surface area (Å²) in [6.45, 7) is 2.03. The zero-order chi connectivity index (χ0) is 20.2. The standard InChI is InChI=1S/C21H21N7O/c1-13(8-19(29)22-2)14-4-3-5-15(9-14)20-23-12-24-21(27-20)26-17-6-7-18-16(10-17)11-25-28-18/h3-7,9-13H,8H2,1-2H3,(H,22,29)(H,25,28)(H,23,24,26,27). The number of amides is 1. The second-order valence-electron chi connectivity index (χ2n) is 6.83. The van der Waals surface area contributed by atoms with E-state index in [1.54, 1.807) is 13.2 Å². The van der Waals surface area contributed by atoms with Gasteiger partial charge < -0.3 is 10.6 Å². The predicted octanol–water partition coefficient (Wildman–Crippen LogP) is 3.40. The summed E-state index contributed by atoms with van der Waals surface area (Å²) >= 11 is 0. The number of aromatic nitrogens is 5. The van der Waals surface area contributed by atoms with E-state index in [0.29, 0.717) is 18.2 Å². The average molecular weight is 387 g/mol. The number of fused-ring (bicyclic) bond motifs is 1. The lowest BCUT2D eigenvalue weighted by molar-refractivity contribution is -0.120. The molecule has 4 rings (SSSR count). The lowest BCUT2D eigenvalue weighted by atomic mass is 9.95. The molecule has 8 heteroatoms. The summed E-state index contributed by atoms with van der Waals surface area (Å²) in [5, 5.41) is 13.8. The Morgan fingerprint density at radius 1 is 1.17 bits per heavy atom. The van der Waals surface area contributed by atoms with E-state index in [2.05, 4.69) is 35.8 Å². The average Bonchev–Trinajstić information content (AvgIpc) is 3.22. The van der Waals surface area contributed by atoms with E-state index in [1.807, 2.05) is 49.4 Å². The van der Waals surface area contributed by atoms with E-state index in [4.69, 9.17) is 0 Å². The van der Waals surface area contributed by atoms with Gasteiger partial charge in [-0.3, -0.25) is 9.89 Å². The van der Waals surface area contributed by atoms with Crippen LogP contribution in [-0.4, -0.2) is 38.1 Å². The lowest BCUT2D eigenvalue weighted by Crippen LogP contribution is -2.19. The van der Waals surface area contributed by atoms with E-state index in [1.165, 1.54) is 6.33 Å². The van der Waals surface area contributed by atoms with Gasteiger partial charge in [0.1, 0.15) is 6.33 Å². The van der Waals surface area contributed by atoms with Crippen LogP contribution in [0.1, 0.15) is 24.8 Å². The zero-order valence-corrected chi connectivity index (χ0v) is 16.2. The number of benzene rings is 2. The Bertz CT molecular complexity index is 1150. The Balaban J connectivity index is 1.56. The second kappa shape index (κ2) is 8.05. The highest BCUT2D eigenvalue weighted by Crippen LogP contribution is 2.25. The fraction of sp³-hybridized carbons (Fsp3) is 0.190. The molecule has 0 aliphatic rings. The van der Waals surface area contributed by atoms with Crippen molar-refractivity contribution in [2.45, 2.75) is 19.3 Å². The van der Waals surface area contributed by atoms with Gasteiger partial charge in [0, 0.05) is 30.1 Å². The van der Waals surface area contributed by atoms with Crippen molar-refractivity contribution >= 4 is 28.4 Å². The number of hydrogen-bond acceptors (Lipinski definition) is 6. The molecule has 0 saturated carbocycles. The van der Waals surface area contributed by atoms with Crippen LogP contribution in [0.5, 0.6) is 0 Å². The molecule has 0 fully saturated rings. The molecule has 1 atom stereocenters. The number of anilines is 2. The zero-order valence-electron chi connectivity index (χ0n) is 16.2. The Morgan fingerprint density at radius 3 is 2.93 bits per heavy atom. The van der Waals surface area contributed by atoms with Gasteiger partial charge in [0.05, 0.1) is 11.7 Å². The second-order valence-corrected chi connectivity index (χ2v) is 6.83. The van der Waals surface area contributed by atoms with Gasteiger partial charge in [-0.15, -0.1) is 0 Å². The molecule has 0 aliphatic heterocycles. The van der Waals surface area contributed by atoms with Crippen LogP contribution in [0.4, 0.5) is 11.6 Å². The molecule has 0 saturated heterocycles. The molecule has 0 bridgehead atoms. The number of H-pyrrole nitrogens is 1. The Labute approximate surface area is 167 Å². The molecule has 0 aliphatic carbocycles. The molecular weight excluding hydrogens is 366 g/mol. The van der Waals surface area contributed by atoms with Crippen LogP contribution < -0.4 is 10.6 Å². The summed E-state index contributed by atoms with van der Waals surface area (Å²) in [4.78, 5) is 24.8. The van der Waals surface area contributed by atoms with Crippen LogP contribution in [0.3, 0.4) is 0 Å². The minimum absolute atomic E-state index is 0.0177. The maximum atomic E-state index is 11.7. The van der Waals surface area contributed by atoms with E-state index in [-0.39, 0.29) is 11.8 Å². The topological polar surface area (TPSA) is 108 Å². The third-order valence-electron chi connectivity index (χ3n) is 4.75. The maximum Gasteiger partial charge on any atom is 0.230 e. The van der Waals surface area contributed by atoms with Gasteiger partial charge in [-0.05, 0) is 35.7 Å².